The third-order valence-electron chi connectivity index (χ3n) is 5.34. The molecule has 0 bridgehead atoms. The SMILES string of the molecule is CCC1CCC(CNC)C(Cc2csc3ccccc23)C1. The fourth-order valence-corrected chi connectivity index (χ4v) is 5.02. The maximum atomic E-state index is 3.42. The molecule has 1 aliphatic rings. The average molecular weight is 301 g/mol. The van der Waals surface area contributed by atoms with Crippen molar-refractivity contribution in [1.82, 2.24) is 5.32 Å². The van der Waals surface area contributed by atoms with Gasteiger partial charge in [0.05, 0.1) is 0 Å². The van der Waals surface area contributed by atoms with Crippen molar-refractivity contribution in [2.45, 2.75) is 39.0 Å². The summed E-state index contributed by atoms with van der Waals surface area (Å²) in [5, 5.41) is 7.31. The van der Waals surface area contributed by atoms with Crippen LogP contribution in [0.5, 0.6) is 0 Å². The van der Waals surface area contributed by atoms with Gasteiger partial charge in [-0.1, -0.05) is 38.0 Å². The Balaban J connectivity index is 1.79. The van der Waals surface area contributed by atoms with Crippen molar-refractivity contribution in [2.75, 3.05) is 13.6 Å². The van der Waals surface area contributed by atoms with Crippen LogP contribution in [0.4, 0.5) is 0 Å². The van der Waals surface area contributed by atoms with E-state index in [1.165, 1.54) is 48.7 Å². The standard InChI is InChI=1S/C19H27NS/c1-3-14-8-9-15(12-20-2)16(10-14)11-17-13-21-19-7-5-4-6-18(17)19/h4-7,13-16,20H,3,8-12H2,1-2H3. The van der Waals surface area contributed by atoms with Crippen molar-refractivity contribution >= 4 is 21.4 Å². The molecule has 1 heterocycles. The van der Waals surface area contributed by atoms with Crippen LogP contribution in [0.25, 0.3) is 10.1 Å². The maximum Gasteiger partial charge on any atom is 0.0345 e. The second kappa shape index (κ2) is 6.93. The van der Waals surface area contributed by atoms with Crippen LogP contribution < -0.4 is 5.32 Å². The van der Waals surface area contributed by atoms with Crippen molar-refractivity contribution in [3.63, 3.8) is 0 Å². The van der Waals surface area contributed by atoms with Crippen molar-refractivity contribution < 1.29 is 0 Å². The van der Waals surface area contributed by atoms with Crippen molar-refractivity contribution in [3.8, 4) is 0 Å². The van der Waals surface area contributed by atoms with Gasteiger partial charge in [-0.05, 0) is 73.0 Å². The van der Waals surface area contributed by atoms with Crippen molar-refractivity contribution in [2.24, 2.45) is 17.8 Å². The highest BCUT2D eigenvalue weighted by molar-refractivity contribution is 7.17. The average Bonchev–Trinajstić information content (AvgIpc) is 2.92. The van der Waals surface area contributed by atoms with E-state index >= 15 is 0 Å². The van der Waals surface area contributed by atoms with Gasteiger partial charge in [-0.15, -0.1) is 11.3 Å². The Labute approximate surface area is 132 Å². The lowest BCUT2D eigenvalue weighted by Gasteiger charge is -2.36. The predicted molar refractivity (Wildman–Crippen MR) is 94.1 cm³/mol. The molecule has 3 rings (SSSR count). The fourth-order valence-electron chi connectivity index (χ4n) is 4.05. The van der Waals surface area contributed by atoms with Gasteiger partial charge in [0.15, 0.2) is 0 Å². The molecule has 3 unspecified atom stereocenters. The Hall–Kier alpha value is -0.860. The summed E-state index contributed by atoms with van der Waals surface area (Å²) in [5.41, 5.74) is 1.58. The molecule has 2 aromatic rings. The zero-order valence-electron chi connectivity index (χ0n) is 13.3. The van der Waals surface area contributed by atoms with Crippen molar-refractivity contribution in [1.29, 1.82) is 0 Å². The lowest BCUT2D eigenvalue weighted by Crippen LogP contribution is -2.32. The molecule has 0 amide bonds. The van der Waals surface area contributed by atoms with Gasteiger partial charge >= 0.3 is 0 Å². The molecule has 21 heavy (non-hydrogen) atoms. The molecule has 1 aromatic carbocycles. The molecule has 1 aromatic heterocycles. The summed E-state index contributed by atoms with van der Waals surface area (Å²) >= 11 is 1.91. The lowest BCUT2D eigenvalue weighted by atomic mass is 9.71. The second-order valence-corrected chi connectivity index (χ2v) is 7.54. The molecule has 2 heteroatoms. The van der Waals surface area contributed by atoms with E-state index < -0.39 is 0 Å². The van der Waals surface area contributed by atoms with Crippen LogP contribution in [0.2, 0.25) is 0 Å². The van der Waals surface area contributed by atoms with Crippen LogP contribution in [0.15, 0.2) is 29.6 Å². The monoisotopic (exact) mass is 301 g/mol. The van der Waals surface area contributed by atoms with Crippen LogP contribution in [-0.2, 0) is 6.42 Å². The van der Waals surface area contributed by atoms with Gasteiger partial charge in [-0.2, -0.15) is 0 Å². The van der Waals surface area contributed by atoms with Gasteiger partial charge < -0.3 is 5.32 Å². The van der Waals surface area contributed by atoms with E-state index in [4.69, 9.17) is 0 Å². The molecule has 1 nitrogen and oxygen atoms in total. The molecule has 1 aliphatic carbocycles. The van der Waals surface area contributed by atoms with Crippen LogP contribution in [0.1, 0.15) is 38.2 Å². The molecule has 0 radical (unpaired) electrons. The number of hydrogen-bond acceptors (Lipinski definition) is 2. The number of fused-ring (bicyclic) bond motifs is 1. The summed E-state index contributed by atoms with van der Waals surface area (Å²) in [4.78, 5) is 0. The number of thiophene rings is 1. The largest absolute Gasteiger partial charge is 0.319 e. The van der Waals surface area contributed by atoms with Gasteiger partial charge in [0.25, 0.3) is 0 Å². The van der Waals surface area contributed by atoms with Gasteiger partial charge in [-0.3, -0.25) is 0 Å². The Kier molecular flexibility index (Phi) is 4.97. The fraction of sp³-hybridized carbons (Fsp3) is 0.579. The molecule has 0 aliphatic heterocycles. The molecule has 3 atom stereocenters. The molecule has 1 fully saturated rings. The minimum Gasteiger partial charge on any atom is -0.319 e. The Morgan fingerprint density at radius 2 is 2.05 bits per heavy atom. The first-order valence-electron chi connectivity index (χ1n) is 8.41. The summed E-state index contributed by atoms with van der Waals surface area (Å²) in [6, 6.07) is 8.89. The summed E-state index contributed by atoms with van der Waals surface area (Å²) in [7, 11) is 2.10. The summed E-state index contributed by atoms with van der Waals surface area (Å²) in [6.45, 7) is 3.54. The van der Waals surface area contributed by atoms with Crippen LogP contribution in [0.3, 0.4) is 0 Å². The van der Waals surface area contributed by atoms with E-state index in [-0.39, 0.29) is 0 Å². The van der Waals surface area contributed by atoms with Crippen LogP contribution in [0, 0.1) is 17.8 Å². The Morgan fingerprint density at radius 1 is 1.19 bits per heavy atom. The van der Waals surface area contributed by atoms with E-state index in [1.807, 2.05) is 11.3 Å². The third kappa shape index (κ3) is 3.32. The number of hydrogen-bond donors (Lipinski definition) is 1. The lowest BCUT2D eigenvalue weighted by molar-refractivity contribution is 0.174. The zero-order valence-corrected chi connectivity index (χ0v) is 14.1. The van der Waals surface area contributed by atoms with Gasteiger partial charge in [0, 0.05) is 4.70 Å². The van der Waals surface area contributed by atoms with Crippen molar-refractivity contribution in [3.05, 3.63) is 35.2 Å². The van der Waals surface area contributed by atoms with Gasteiger partial charge in [-0.25, -0.2) is 0 Å². The van der Waals surface area contributed by atoms with E-state index in [0.717, 1.165) is 17.8 Å². The molecule has 1 saturated carbocycles. The Bertz CT molecular complexity index is 574. The van der Waals surface area contributed by atoms with Gasteiger partial charge in [0.2, 0.25) is 0 Å². The van der Waals surface area contributed by atoms with E-state index in [0.29, 0.717) is 0 Å². The van der Waals surface area contributed by atoms with Gasteiger partial charge in [0.1, 0.15) is 0 Å². The van der Waals surface area contributed by atoms with E-state index in [1.54, 1.807) is 5.56 Å². The van der Waals surface area contributed by atoms with E-state index in [9.17, 15) is 0 Å². The minimum atomic E-state index is 0.856. The maximum absolute atomic E-state index is 3.42. The first kappa shape index (κ1) is 15.1. The van der Waals surface area contributed by atoms with Crippen LogP contribution in [-0.4, -0.2) is 13.6 Å². The summed E-state index contributed by atoms with van der Waals surface area (Å²) in [5.74, 6) is 2.67. The molecule has 0 saturated heterocycles. The number of nitrogens with one attached hydrogen (secondary N) is 1. The molecule has 1 N–H and O–H groups in total. The summed E-state index contributed by atoms with van der Waals surface area (Å²) < 4.78 is 1.44. The molecule has 0 spiro atoms. The normalized spacial score (nSPS) is 26.3. The van der Waals surface area contributed by atoms with Crippen LogP contribution >= 0.6 is 11.3 Å². The molecule has 114 valence electrons. The third-order valence-corrected chi connectivity index (χ3v) is 6.35. The minimum absolute atomic E-state index is 0.856. The highest BCUT2D eigenvalue weighted by Gasteiger charge is 2.29. The summed E-state index contributed by atoms with van der Waals surface area (Å²) in [6.07, 6.45) is 6.89. The van der Waals surface area contributed by atoms with E-state index in [2.05, 4.69) is 48.9 Å². The number of benzene rings is 1. The highest BCUT2D eigenvalue weighted by Crippen LogP contribution is 2.39. The quantitative estimate of drug-likeness (QED) is 0.809. The number of rotatable bonds is 5. The first-order chi connectivity index (χ1) is 10.3. The second-order valence-electron chi connectivity index (χ2n) is 6.63. The molecular weight excluding hydrogens is 274 g/mol. The topological polar surface area (TPSA) is 12.0 Å². The molecular formula is C19H27NS. The first-order valence-corrected chi connectivity index (χ1v) is 9.29. The smallest absolute Gasteiger partial charge is 0.0345 e. The highest BCUT2D eigenvalue weighted by atomic mass is 32.1. The Morgan fingerprint density at radius 3 is 2.86 bits per heavy atom. The predicted octanol–water partition coefficient (Wildman–Crippen LogP) is 5.11. The zero-order chi connectivity index (χ0) is 14.7.